The fourth-order valence-corrected chi connectivity index (χ4v) is 1.26. The van der Waals surface area contributed by atoms with Crippen molar-refractivity contribution in [2.75, 3.05) is 0 Å². The second-order valence-corrected chi connectivity index (χ2v) is 2.75. The molecule has 0 atom stereocenters. The van der Waals surface area contributed by atoms with Crippen molar-refractivity contribution in [3.63, 3.8) is 0 Å². The molecule has 0 heterocycles. The third-order valence-electron chi connectivity index (χ3n) is 1.92. The van der Waals surface area contributed by atoms with E-state index < -0.39 is 0 Å². The van der Waals surface area contributed by atoms with Gasteiger partial charge in [0, 0.05) is 5.56 Å². The summed E-state index contributed by atoms with van der Waals surface area (Å²) in [6.07, 6.45) is 3.47. The van der Waals surface area contributed by atoms with Crippen LogP contribution in [0.2, 0.25) is 0 Å². The first kappa shape index (κ1) is 8.72. The summed E-state index contributed by atoms with van der Waals surface area (Å²) >= 11 is 0. The molecule has 0 aromatic heterocycles. The normalized spacial score (nSPS) is 9.42. The van der Waals surface area contributed by atoms with Crippen LogP contribution in [0.4, 0.5) is 0 Å². The van der Waals surface area contributed by atoms with Crippen molar-refractivity contribution in [1.29, 1.82) is 0 Å². The molecule has 0 aliphatic carbocycles. The Hall–Kier alpha value is -1.37. The molecule has 1 aromatic rings. The van der Waals surface area contributed by atoms with Crippen molar-refractivity contribution in [1.82, 2.24) is 0 Å². The zero-order valence-electron chi connectivity index (χ0n) is 7.21. The average Bonchev–Trinajstić information content (AvgIpc) is 2.09. The molecular formula is C11H12O. The van der Waals surface area contributed by atoms with E-state index in [1.807, 2.05) is 31.2 Å². The highest BCUT2D eigenvalue weighted by molar-refractivity contribution is 5.78. The van der Waals surface area contributed by atoms with E-state index in [1.54, 1.807) is 0 Å². The predicted molar refractivity (Wildman–Crippen MR) is 50.5 cm³/mol. The van der Waals surface area contributed by atoms with Crippen LogP contribution in [0.25, 0.3) is 0 Å². The van der Waals surface area contributed by atoms with Gasteiger partial charge >= 0.3 is 0 Å². The molecule has 0 saturated heterocycles. The molecule has 0 saturated carbocycles. The molecule has 12 heavy (non-hydrogen) atoms. The van der Waals surface area contributed by atoms with Gasteiger partial charge in [-0.25, -0.2) is 0 Å². The van der Waals surface area contributed by atoms with E-state index in [-0.39, 0.29) is 0 Å². The van der Waals surface area contributed by atoms with Crippen LogP contribution in [-0.4, -0.2) is 6.29 Å². The Kier molecular flexibility index (Phi) is 2.81. The molecule has 1 heteroatoms. The Balaban J connectivity index is 3.18. The van der Waals surface area contributed by atoms with Gasteiger partial charge in [0.15, 0.2) is 0 Å². The van der Waals surface area contributed by atoms with Crippen LogP contribution in [0, 0.1) is 6.92 Å². The fourth-order valence-electron chi connectivity index (χ4n) is 1.26. The average molecular weight is 160 g/mol. The molecule has 0 amide bonds. The SMILES string of the molecule is C=CCc1c(C)cccc1C=O. The lowest BCUT2D eigenvalue weighted by molar-refractivity contribution is 0.112. The number of hydrogen-bond acceptors (Lipinski definition) is 1. The molecule has 0 radical (unpaired) electrons. The van der Waals surface area contributed by atoms with Crippen LogP contribution in [-0.2, 0) is 6.42 Å². The molecule has 1 rings (SSSR count). The second-order valence-electron chi connectivity index (χ2n) is 2.75. The molecule has 0 unspecified atom stereocenters. The molecule has 0 aliphatic heterocycles. The predicted octanol–water partition coefficient (Wildman–Crippen LogP) is 2.54. The quantitative estimate of drug-likeness (QED) is 0.490. The number of hydrogen-bond donors (Lipinski definition) is 0. The first-order valence-corrected chi connectivity index (χ1v) is 3.94. The largest absolute Gasteiger partial charge is 0.298 e. The van der Waals surface area contributed by atoms with Crippen molar-refractivity contribution in [2.24, 2.45) is 0 Å². The Bertz CT molecular complexity index is 300. The van der Waals surface area contributed by atoms with Crippen LogP contribution in [0.3, 0.4) is 0 Å². The minimum Gasteiger partial charge on any atom is -0.298 e. The smallest absolute Gasteiger partial charge is 0.150 e. The third-order valence-corrected chi connectivity index (χ3v) is 1.92. The topological polar surface area (TPSA) is 17.1 Å². The molecule has 0 bridgehead atoms. The van der Waals surface area contributed by atoms with E-state index in [2.05, 4.69) is 6.58 Å². The number of carbonyl (C=O) groups is 1. The zero-order valence-corrected chi connectivity index (χ0v) is 7.21. The molecule has 1 aromatic carbocycles. The van der Waals surface area contributed by atoms with Gasteiger partial charge < -0.3 is 0 Å². The van der Waals surface area contributed by atoms with Gasteiger partial charge in [-0.3, -0.25) is 4.79 Å². The number of aldehydes is 1. The van der Waals surface area contributed by atoms with Crippen molar-refractivity contribution < 1.29 is 4.79 Å². The molecule has 0 aliphatic rings. The van der Waals surface area contributed by atoms with E-state index in [9.17, 15) is 4.79 Å². The first-order chi connectivity index (χ1) is 5.79. The van der Waals surface area contributed by atoms with Crippen molar-refractivity contribution in [2.45, 2.75) is 13.3 Å². The summed E-state index contributed by atoms with van der Waals surface area (Å²) < 4.78 is 0. The maximum absolute atomic E-state index is 10.6. The van der Waals surface area contributed by atoms with Gasteiger partial charge in [-0.05, 0) is 24.5 Å². The number of rotatable bonds is 3. The molecular weight excluding hydrogens is 148 g/mol. The maximum atomic E-state index is 10.6. The van der Waals surface area contributed by atoms with Crippen LogP contribution < -0.4 is 0 Å². The number of carbonyl (C=O) groups excluding carboxylic acids is 1. The van der Waals surface area contributed by atoms with Gasteiger partial charge in [-0.2, -0.15) is 0 Å². The van der Waals surface area contributed by atoms with Crippen LogP contribution >= 0.6 is 0 Å². The lowest BCUT2D eigenvalue weighted by atomic mass is 10.0. The first-order valence-electron chi connectivity index (χ1n) is 3.94. The van der Waals surface area contributed by atoms with Gasteiger partial charge in [0.2, 0.25) is 0 Å². The highest BCUT2D eigenvalue weighted by Crippen LogP contribution is 2.13. The number of benzene rings is 1. The van der Waals surface area contributed by atoms with Crippen molar-refractivity contribution >= 4 is 6.29 Å². The highest BCUT2D eigenvalue weighted by Gasteiger charge is 2.01. The monoisotopic (exact) mass is 160 g/mol. The van der Waals surface area contributed by atoms with Gasteiger partial charge in [0.1, 0.15) is 6.29 Å². The Labute approximate surface area is 72.7 Å². The van der Waals surface area contributed by atoms with Crippen LogP contribution in [0.15, 0.2) is 30.9 Å². The van der Waals surface area contributed by atoms with Crippen molar-refractivity contribution in [3.8, 4) is 0 Å². The summed E-state index contributed by atoms with van der Waals surface area (Å²) in [6.45, 7) is 5.66. The number of allylic oxidation sites excluding steroid dienone is 1. The van der Waals surface area contributed by atoms with E-state index in [1.165, 1.54) is 0 Å². The standard InChI is InChI=1S/C11H12O/c1-3-5-11-9(2)6-4-7-10(11)8-12/h3-4,6-8H,1,5H2,2H3. The summed E-state index contributed by atoms with van der Waals surface area (Å²) in [5, 5.41) is 0. The summed E-state index contributed by atoms with van der Waals surface area (Å²) in [7, 11) is 0. The Morgan fingerprint density at radius 2 is 2.25 bits per heavy atom. The summed E-state index contributed by atoms with van der Waals surface area (Å²) in [6, 6.07) is 5.73. The van der Waals surface area contributed by atoms with Gasteiger partial charge in [-0.1, -0.05) is 24.3 Å². The van der Waals surface area contributed by atoms with Crippen LogP contribution in [0.1, 0.15) is 21.5 Å². The zero-order chi connectivity index (χ0) is 8.97. The summed E-state index contributed by atoms with van der Waals surface area (Å²) in [4.78, 5) is 10.6. The van der Waals surface area contributed by atoms with E-state index in [0.717, 1.165) is 29.4 Å². The van der Waals surface area contributed by atoms with Crippen LogP contribution in [0.5, 0.6) is 0 Å². The van der Waals surface area contributed by atoms with Gasteiger partial charge in [0.05, 0.1) is 0 Å². The lowest BCUT2D eigenvalue weighted by Gasteiger charge is -2.04. The second kappa shape index (κ2) is 3.86. The summed E-state index contributed by atoms with van der Waals surface area (Å²) in [5.41, 5.74) is 3.01. The fraction of sp³-hybridized carbons (Fsp3) is 0.182. The molecule has 0 spiro atoms. The number of aryl methyl sites for hydroxylation is 1. The maximum Gasteiger partial charge on any atom is 0.150 e. The minimum atomic E-state index is 0.765. The molecule has 1 nitrogen and oxygen atoms in total. The van der Waals surface area contributed by atoms with E-state index in [4.69, 9.17) is 0 Å². The van der Waals surface area contributed by atoms with E-state index >= 15 is 0 Å². The van der Waals surface area contributed by atoms with Crippen molar-refractivity contribution in [3.05, 3.63) is 47.5 Å². The lowest BCUT2D eigenvalue weighted by Crippen LogP contribution is -1.93. The Morgan fingerprint density at radius 3 is 2.83 bits per heavy atom. The third kappa shape index (κ3) is 1.62. The molecule has 62 valence electrons. The van der Waals surface area contributed by atoms with Gasteiger partial charge in [0.25, 0.3) is 0 Å². The molecule has 0 fully saturated rings. The highest BCUT2D eigenvalue weighted by atomic mass is 16.1. The Morgan fingerprint density at radius 1 is 1.50 bits per heavy atom. The van der Waals surface area contributed by atoms with Gasteiger partial charge in [-0.15, -0.1) is 6.58 Å². The summed E-state index contributed by atoms with van der Waals surface area (Å²) in [5.74, 6) is 0. The molecule has 0 N–H and O–H groups in total. The van der Waals surface area contributed by atoms with E-state index in [0.29, 0.717) is 0 Å². The minimum absolute atomic E-state index is 0.765.